The van der Waals surface area contributed by atoms with Gasteiger partial charge in [-0.05, 0) is 28.1 Å². The number of rotatable bonds is 2. The smallest absolute Gasteiger partial charge is 0.339 e. The molecule has 0 aliphatic carbocycles. The molecule has 0 unspecified atom stereocenters. The largest absolute Gasteiger partial charge is 0.478 e. The van der Waals surface area contributed by atoms with Gasteiger partial charge in [0.05, 0.1) is 11.3 Å². The number of guanidine groups is 2. The Morgan fingerprint density at radius 3 is 2.47 bits per heavy atom. The van der Waals surface area contributed by atoms with Crippen molar-refractivity contribution < 1.29 is 9.90 Å². The van der Waals surface area contributed by atoms with E-state index in [1.54, 1.807) is 12.1 Å². The Morgan fingerprint density at radius 1 is 1.29 bits per heavy atom. The number of nitrogens with two attached hydrogens (primary N) is 3. The molecule has 0 heterocycles. The van der Waals surface area contributed by atoms with Crippen molar-refractivity contribution in [2.75, 3.05) is 0 Å². The minimum Gasteiger partial charge on any atom is -0.478 e. The summed E-state index contributed by atoms with van der Waals surface area (Å²) in [6.07, 6.45) is 0. The normalized spacial score (nSPS) is 11.0. The van der Waals surface area contributed by atoms with Crippen molar-refractivity contribution in [2.45, 2.75) is 0 Å². The summed E-state index contributed by atoms with van der Waals surface area (Å²) in [7, 11) is 0. The molecule has 1 aromatic rings. The van der Waals surface area contributed by atoms with Gasteiger partial charge in [-0.15, -0.1) is 0 Å². The minimum absolute atomic E-state index is 0.0127. The molecule has 17 heavy (non-hydrogen) atoms. The third-order valence-corrected chi connectivity index (χ3v) is 2.34. The van der Waals surface area contributed by atoms with Crippen LogP contribution in [0.5, 0.6) is 0 Å². The summed E-state index contributed by atoms with van der Waals surface area (Å²) in [5.74, 6) is -1.60. The molecular weight excluding hydrogens is 290 g/mol. The van der Waals surface area contributed by atoms with Crippen LogP contribution in [-0.4, -0.2) is 23.0 Å². The zero-order valence-corrected chi connectivity index (χ0v) is 10.2. The zero-order valence-electron chi connectivity index (χ0n) is 8.59. The molecule has 0 spiro atoms. The highest BCUT2D eigenvalue weighted by Crippen LogP contribution is 2.27. The monoisotopic (exact) mass is 299 g/mol. The van der Waals surface area contributed by atoms with Crippen molar-refractivity contribution >= 4 is 39.5 Å². The van der Waals surface area contributed by atoms with E-state index in [2.05, 4.69) is 25.9 Å². The molecule has 0 aromatic heterocycles. The van der Waals surface area contributed by atoms with Crippen LogP contribution in [0.25, 0.3) is 0 Å². The predicted octanol–water partition coefficient (Wildman–Crippen LogP) is 0.367. The Morgan fingerprint density at radius 2 is 1.94 bits per heavy atom. The van der Waals surface area contributed by atoms with Gasteiger partial charge in [0.15, 0.2) is 5.96 Å². The summed E-state index contributed by atoms with van der Waals surface area (Å²) in [6.45, 7) is 0. The molecule has 90 valence electrons. The van der Waals surface area contributed by atoms with Crippen LogP contribution in [0.2, 0.25) is 0 Å². The number of carboxylic acid groups (broad SMARTS) is 1. The number of halogens is 1. The van der Waals surface area contributed by atoms with Gasteiger partial charge < -0.3 is 22.3 Å². The molecule has 0 radical (unpaired) electrons. The Labute approximate surface area is 105 Å². The Hall–Kier alpha value is -2.09. The highest BCUT2D eigenvalue weighted by molar-refractivity contribution is 9.10. The second-order valence-electron chi connectivity index (χ2n) is 2.95. The van der Waals surface area contributed by atoms with Crippen molar-refractivity contribution in [3.63, 3.8) is 0 Å². The van der Waals surface area contributed by atoms with Gasteiger partial charge in [0, 0.05) is 4.47 Å². The van der Waals surface area contributed by atoms with Crippen LogP contribution in [0, 0.1) is 0 Å². The van der Waals surface area contributed by atoms with E-state index in [1.165, 1.54) is 6.07 Å². The number of hydrogen-bond donors (Lipinski definition) is 4. The first-order valence-corrected chi connectivity index (χ1v) is 5.16. The molecule has 0 aliphatic heterocycles. The molecule has 0 fully saturated rings. The zero-order chi connectivity index (χ0) is 13.0. The first kappa shape index (κ1) is 13.0. The maximum absolute atomic E-state index is 11.0. The number of hydrogen-bond acceptors (Lipinski definition) is 2. The van der Waals surface area contributed by atoms with Crippen molar-refractivity contribution in [1.29, 1.82) is 0 Å². The molecule has 7 N–H and O–H groups in total. The molecule has 0 atom stereocenters. The molecule has 7 nitrogen and oxygen atoms in total. The summed E-state index contributed by atoms with van der Waals surface area (Å²) >= 11 is 3.11. The average Bonchev–Trinajstić information content (AvgIpc) is 2.15. The number of carboxylic acids is 1. The second-order valence-corrected chi connectivity index (χ2v) is 3.80. The second kappa shape index (κ2) is 5.30. The first-order chi connectivity index (χ1) is 7.91. The molecule has 0 saturated carbocycles. The fourth-order valence-corrected chi connectivity index (χ4v) is 1.62. The van der Waals surface area contributed by atoms with E-state index in [9.17, 15) is 4.79 Å². The third kappa shape index (κ3) is 3.45. The van der Waals surface area contributed by atoms with E-state index in [4.69, 9.17) is 22.3 Å². The summed E-state index contributed by atoms with van der Waals surface area (Å²) in [5, 5.41) is 9.02. The van der Waals surface area contributed by atoms with E-state index >= 15 is 0 Å². The lowest BCUT2D eigenvalue weighted by Gasteiger charge is -2.03. The Bertz CT molecular complexity index is 508. The predicted molar refractivity (Wildman–Crippen MR) is 68.2 cm³/mol. The van der Waals surface area contributed by atoms with Gasteiger partial charge in [-0.25, -0.2) is 9.79 Å². The van der Waals surface area contributed by atoms with Crippen LogP contribution in [0.4, 0.5) is 5.69 Å². The van der Waals surface area contributed by atoms with E-state index in [-0.39, 0.29) is 23.2 Å². The number of benzene rings is 1. The molecule has 8 heteroatoms. The van der Waals surface area contributed by atoms with E-state index < -0.39 is 5.97 Å². The van der Waals surface area contributed by atoms with Gasteiger partial charge in [0.2, 0.25) is 5.96 Å². The van der Waals surface area contributed by atoms with Crippen LogP contribution in [0.15, 0.2) is 32.7 Å². The van der Waals surface area contributed by atoms with Gasteiger partial charge in [-0.1, -0.05) is 6.07 Å². The van der Waals surface area contributed by atoms with Crippen molar-refractivity contribution in [2.24, 2.45) is 27.2 Å². The molecule has 0 aliphatic rings. The molecular formula is C9H10BrN5O2. The van der Waals surface area contributed by atoms with Crippen LogP contribution in [0.1, 0.15) is 10.4 Å². The van der Waals surface area contributed by atoms with Gasteiger partial charge in [-0.3, -0.25) is 0 Å². The van der Waals surface area contributed by atoms with E-state index in [1.807, 2.05) is 0 Å². The first-order valence-electron chi connectivity index (χ1n) is 4.37. The lowest BCUT2D eigenvalue weighted by molar-refractivity contribution is 0.0697. The van der Waals surface area contributed by atoms with Crippen LogP contribution >= 0.6 is 15.9 Å². The fraction of sp³-hybridized carbons (Fsp3) is 0. The number of nitrogens with zero attached hydrogens (tertiary/aromatic N) is 2. The minimum atomic E-state index is -1.13. The fourth-order valence-electron chi connectivity index (χ4n) is 1.10. The number of aliphatic imine (C=N–C) groups is 2. The molecule has 1 rings (SSSR count). The quantitative estimate of drug-likeness (QED) is 0.461. The van der Waals surface area contributed by atoms with E-state index in [0.29, 0.717) is 4.47 Å². The lowest BCUT2D eigenvalue weighted by Crippen LogP contribution is -2.26. The SMILES string of the molecule is NC(N)=NC(N)=Nc1cccc(Br)c1C(=O)O. The summed E-state index contributed by atoms with van der Waals surface area (Å²) in [6, 6.07) is 4.70. The van der Waals surface area contributed by atoms with Crippen molar-refractivity contribution in [1.82, 2.24) is 0 Å². The summed E-state index contributed by atoms with van der Waals surface area (Å²) in [4.78, 5) is 18.3. The highest BCUT2D eigenvalue weighted by Gasteiger charge is 2.13. The molecule has 0 amide bonds. The molecule has 0 bridgehead atoms. The molecule has 0 saturated heterocycles. The molecule has 1 aromatic carbocycles. The summed E-state index contributed by atoms with van der Waals surface area (Å²) in [5.41, 5.74) is 15.8. The maximum Gasteiger partial charge on any atom is 0.339 e. The number of carbonyl (C=O) groups is 1. The Balaban J connectivity index is 3.28. The number of aromatic carboxylic acids is 1. The van der Waals surface area contributed by atoms with Crippen molar-refractivity contribution in [3.8, 4) is 0 Å². The third-order valence-electron chi connectivity index (χ3n) is 1.68. The summed E-state index contributed by atoms with van der Waals surface area (Å²) < 4.78 is 0.392. The topological polar surface area (TPSA) is 140 Å². The van der Waals surface area contributed by atoms with Gasteiger partial charge in [-0.2, -0.15) is 4.99 Å². The van der Waals surface area contributed by atoms with Crippen LogP contribution in [0.3, 0.4) is 0 Å². The average molecular weight is 300 g/mol. The standard InChI is InChI=1S/C9H10BrN5O2/c10-4-2-1-3-5(6(4)7(16)17)14-9(13)15-8(11)12/h1-3H,(H,16,17)(H6,11,12,13,14,15). The van der Waals surface area contributed by atoms with Gasteiger partial charge in [0.25, 0.3) is 0 Å². The van der Waals surface area contributed by atoms with Gasteiger partial charge in [0.1, 0.15) is 0 Å². The van der Waals surface area contributed by atoms with Gasteiger partial charge >= 0.3 is 5.97 Å². The maximum atomic E-state index is 11.0. The Kier molecular flexibility index (Phi) is 4.05. The highest BCUT2D eigenvalue weighted by atomic mass is 79.9. The lowest BCUT2D eigenvalue weighted by atomic mass is 10.2. The van der Waals surface area contributed by atoms with Crippen LogP contribution in [-0.2, 0) is 0 Å². The van der Waals surface area contributed by atoms with Crippen LogP contribution < -0.4 is 17.2 Å². The van der Waals surface area contributed by atoms with E-state index in [0.717, 1.165) is 0 Å². The van der Waals surface area contributed by atoms with Crippen molar-refractivity contribution in [3.05, 3.63) is 28.2 Å².